The van der Waals surface area contributed by atoms with E-state index in [4.69, 9.17) is 47.4 Å². The zero-order valence-corrected chi connectivity index (χ0v) is 41.3. The van der Waals surface area contributed by atoms with Gasteiger partial charge in [0.2, 0.25) is 0 Å². The van der Waals surface area contributed by atoms with Gasteiger partial charge in [-0.15, -0.1) is 0 Å². The summed E-state index contributed by atoms with van der Waals surface area (Å²) in [6.45, 7) is 7.51. The molecule has 6 aromatic rings. The van der Waals surface area contributed by atoms with Crippen molar-refractivity contribution < 1.29 is 47.4 Å². The smallest absolute Gasteiger partial charge is 0.119 e. The molecule has 0 aliphatic carbocycles. The normalized spacial score (nSPS) is 11.7. The van der Waals surface area contributed by atoms with Gasteiger partial charge in [-0.05, 0) is 79.9 Å². The van der Waals surface area contributed by atoms with E-state index in [2.05, 4.69) is 146 Å². The average molecular weight is 951 g/mol. The van der Waals surface area contributed by atoms with Crippen molar-refractivity contribution in [3.05, 3.63) is 168 Å². The molecule has 0 unspecified atom stereocenters. The fourth-order valence-electron chi connectivity index (χ4n) is 7.30. The Morgan fingerprint density at radius 1 is 0.271 bits per heavy atom. The summed E-state index contributed by atoms with van der Waals surface area (Å²) in [5, 5.41) is 0. The molecule has 0 aliphatic rings. The Kier molecular flexibility index (Phi) is 23.9. The Hall–Kier alpha value is -5.92. The highest BCUT2D eigenvalue weighted by Crippen LogP contribution is 2.27. The maximum atomic E-state index is 6.12. The van der Waals surface area contributed by atoms with Crippen molar-refractivity contribution >= 4 is 24.3 Å². The molecular weight excluding hydrogens is 881 g/mol. The fraction of sp³-hybridized carbons (Fsp3) is 0.333. The van der Waals surface area contributed by atoms with Gasteiger partial charge in [-0.3, -0.25) is 0 Å². The van der Waals surface area contributed by atoms with Crippen molar-refractivity contribution in [2.75, 3.05) is 121 Å². The highest BCUT2D eigenvalue weighted by Gasteiger charge is 2.13. The number of methoxy groups -OCH3 is 4. The third-order valence-electron chi connectivity index (χ3n) is 11.4. The Bertz CT molecular complexity index is 2170. The summed E-state index contributed by atoms with van der Waals surface area (Å²) in [6.07, 6.45) is 8.60. The Balaban J connectivity index is 0.936. The zero-order valence-electron chi connectivity index (χ0n) is 41.3. The topological polar surface area (TPSA) is 92.3 Å². The third-order valence-corrected chi connectivity index (χ3v) is 11.4. The van der Waals surface area contributed by atoms with Gasteiger partial charge in [0, 0.05) is 40.3 Å². The monoisotopic (exact) mass is 950 g/mol. The molecule has 0 fully saturated rings. The van der Waals surface area contributed by atoms with Crippen LogP contribution >= 0.6 is 0 Å². The fourth-order valence-corrected chi connectivity index (χ4v) is 7.30. The van der Waals surface area contributed by atoms with Crippen LogP contribution in [0, 0.1) is 11.8 Å². The van der Waals surface area contributed by atoms with Gasteiger partial charge in [0.15, 0.2) is 0 Å². The average Bonchev–Trinajstić information content (AvgIpc) is 3.41. The van der Waals surface area contributed by atoms with Gasteiger partial charge in [0.05, 0.1) is 92.5 Å². The zero-order chi connectivity index (χ0) is 48.9. The molecule has 0 saturated heterocycles. The minimum absolute atomic E-state index is 0.0956. The summed E-state index contributed by atoms with van der Waals surface area (Å²) >= 11 is 0. The van der Waals surface area contributed by atoms with Crippen LogP contribution in [0.25, 0.3) is 57.7 Å². The van der Waals surface area contributed by atoms with E-state index in [-0.39, 0.29) is 11.8 Å². The molecule has 6 rings (SSSR count). The third kappa shape index (κ3) is 19.1. The van der Waals surface area contributed by atoms with Crippen LogP contribution in [0.15, 0.2) is 146 Å². The quantitative estimate of drug-likeness (QED) is 0.0293. The number of rotatable bonds is 33. The molecule has 0 aliphatic heterocycles. The molecule has 0 heterocycles. The Morgan fingerprint density at radius 2 is 0.486 bits per heavy atom. The van der Waals surface area contributed by atoms with Crippen LogP contribution in [-0.2, 0) is 37.9 Å². The van der Waals surface area contributed by atoms with Crippen LogP contribution in [0.4, 0.5) is 0 Å². The van der Waals surface area contributed by atoms with Crippen molar-refractivity contribution in [2.24, 2.45) is 11.8 Å². The van der Waals surface area contributed by atoms with E-state index in [0.717, 1.165) is 56.0 Å². The van der Waals surface area contributed by atoms with E-state index in [1.807, 2.05) is 24.3 Å². The summed E-state index contributed by atoms with van der Waals surface area (Å²) in [5.74, 6) is 1.81. The van der Waals surface area contributed by atoms with E-state index < -0.39 is 0 Å². The second-order valence-electron chi connectivity index (χ2n) is 16.8. The van der Waals surface area contributed by atoms with Crippen LogP contribution in [0.1, 0.15) is 22.3 Å². The summed E-state index contributed by atoms with van der Waals surface area (Å²) in [5.41, 5.74) is 11.5. The maximum Gasteiger partial charge on any atom is 0.119 e. The molecule has 70 heavy (non-hydrogen) atoms. The van der Waals surface area contributed by atoms with Crippen LogP contribution in [0.3, 0.4) is 0 Å². The van der Waals surface area contributed by atoms with Gasteiger partial charge in [-0.25, -0.2) is 0 Å². The number of hydrogen-bond donors (Lipinski definition) is 0. The summed E-state index contributed by atoms with van der Waals surface area (Å²) in [6, 6.07) is 51.0. The van der Waals surface area contributed by atoms with Gasteiger partial charge in [-0.2, -0.15) is 0 Å². The molecule has 0 spiro atoms. The van der Waals surface area contributed by atoms with Crippen molar-refractivity contribution in [3.63, 3.8) is 0 Å². The number of benzene rings is 6. The van der Waals surface area contributed by atoms with Gasteiger partial charge in [-0.1, -0.05) is 146 Å². The Morgan fingerprint density at radius 3 is 0.700 bits per heavy atom. The number of ether oxygens (including phenoxy) is 10. The minimum Gasteiger partial charge on any atom is -0.493 e. The second-order valence-corrected chi connectivity index (χ2v) is 16.8. The summed E-state index contributed by atoms with van der Waals surface area (Å²) in [7, 11) is 6.67. The van der Waals surface area contributed by atoms with Gasteiger partial charge >= 0.3 is 0 Å². The molecule has 0 amide bonds. The summed E-state index contributed by atoms with van der Waals surface area (Å²) < 4.78 is 55.6. The van der Waals surface area contributed by atoms with Gasteiger partial charge < -0.3 is 47.4 Å². The van der Waals surface area contributed by atoms with Crippen molar-refractivity contribution in [1.82, 2.24) is 0 Å². The lowest BCUT2D eigenvalue weighted by atomic mass is 10.0. The van der Waals surface area contributed by atoms with Gasteiger partial charge in [0.25, 0.3) is 0 Å². The molecule has 0 saturated carbocycles. The molecule has 0 aromatic heterocycles. The molecule has 0 bridgehead atoms. The van der Waals surface area contributed by atoms with E-state index in [9.17, 15) is 0 Å². The standard InChI is InChI=1S/C60H70O10/c1-61-33-37-65-41-51(42-66-38-34-62-2)45-69-59-29-25-57(26-30-59)55-21-13-49(14-22-55)7-5-47-9-17-53(18-10-47)54-19-11-48(12-20-54)6-8-50-15-23-56(24-16-50)58-27-31-60(32-28-58)70-46-52(43-67-39-35-63-3)44-68-40-36-64-4/h5-32,51-52H,33-46H2,1-4H3/b7-5+,8-6+. The predicted octanol–water partition coefficient (Wildman–Crippen LogP) is 11.7. The molecule has 10 heteroatoms. The lowest BCUT2D eigenvalue weighted by Crippen LogP contribution is -2.25. The first-order valence-corrected chi connectivity index (χ1v) is 24.0. The molecule has 6 aromatic carbocycles. The van der Waals surface area contributed by atoms with E-state index in [1.165, 1.54) is 11.1 Å². The first-order chi connectivity index (χ1) is 34.5. The molecule has 0 atom stereocenters. The maximum absolute atomic E-state index is 6.12. The van der Waals surface area contributed by atoms with Crippen LogP contribution in [0.2, 0.25) is 0 Å². The van der Waals surface area contributed by atoms with Crippen LogP contribution < -0.4 is 9.47 Å². The van der Waals surface area contributed by atoms with Crippen molar-refractivity contribution in [3.8, 4) is 44.9 Å². The SMILES string of the molecule is COCCOCC(COCCOC)COc1ccc(-c2ccc(/C=C/c3ccc(-c4ccc(/C=C/c5ccc(-c6ccc(OCC(COCCOC)COCCOC)cc6)cc5)cc4)cc3)cc2)cc1. The Labute approximate surface area is 415 Å². The summed E-state index contributed by atoms with van der Waals surface area (Å²) in [4.78, 5) is 0. The van der Waals surface area contributed by atoms with Gasteiger partial charge in [0.1, 0.15) is 11.5 Å². The van der Waals surface area contributed by atoms with E-state index in [1.54, 1.807) is 28.4 Å². The first kappa shape index (κ1) is 53.4. The largest absolute Gasteiger partial charge is 0.493 e. The number of hydrogen-bond acceptors (Lipinski definition) is 10. The molecule has 0 radical (unpaired) electrons. The van der Waals surface area contributed by atoms with E-state index in [0.29, 0.717) is 92.5 Å². The van der Waals surface area contributed by atoms with Crippen molar-refractivity contribution in [2.45, 2.75) is 0 Å². The second kappa shape index (κ2) is 31.3. The molecule has 370 valence electrons. The first-order valence-electron chi connectivity index (χ1n) is 24.0. The molecule has 10 nitrogen and oxygen atoms in total. The molecule has 0 N–H and O–H groups in total. The highest BCUT2D eigenvalue weighted by atomic mass is 16.5. The predicted molar refractivity (Wildman–Crippen MR) is 282 cm³/mol. The van der Waals surface area contributed by atoms with Crippen LogP contribution in [-0.4, -0.2) is 121 Å². The lowest BCUT2D eigenvalue weighted by Gasteiger charge is -2.18. The van der Waals surface area contributed by atoms with Crippen LogP contribution in [0.5, 0.6) is 11.5 Å². The van der Waals surface area contributed by atoms with Crippen molar-refractivity contribution in [1.29, 1.82) is 0 Å². The highest BCUT2D eigenvalue weighted by molar-refractivity contribution is 5.76. The lowest BCUT2D eigenvalue weighted by molar-refractivity contribution is -0.00511. The molecular formula is C60H70O10. The minimum atomic E-state index is 0.0956. The van der Waals surface area contributed by atoms with E-state index >= 15 is 0 Å².